The molecule has 120 valence electrons. The molecule has 0 radical (unpaired) electrons. The molecule has 2 atom stereocenters. The topological polar surface area (TPSA) is 61.0 Å². The molecule has 6 heteroatoms. The van der Waals surface area contributed by atoms with Gasteiger partial charge in [-0.3, -0.25) is 9.89 Å². The van der Waals surface area contributed by atoms with Gasteiger partial charge in [0.25, 0.3) is 5.91 Å². The van der Waals surface area contributed by atoms with Crippen LogP contribution < -0.4 is 5.32 Å². The second-order valence-electron chi connectivity index (χ2n) is 6.35. The van der Waals surface area contributed by atoms with Gasteiger partial charge in [0.15, 0.2) is 0 Å². The van der Waals surface area contributed by atoms with Crippen molar-refractivity contribution in [1.29, 1.82) is 0 Å². The van der Waals surface area contributed by atoms with Gasteiger partial charge >= 0.3 is 0 Å². The van der Waals surface area contributed by atoms with Crippen molar-refractivity contribution < 1.29 is 9.18 Å². The Bertz CT molecular complexity index is 729. The number of aromatic nitrogens is 2. The van der Waals surface area contributed by atoms with Crippen LogP contribution in [-0.4, -0.2) is 46.2 Å². The van der Waals surface area contributed by atoms with Crippen molar-refractivity contribution in [2.45, 2.75) is 31.3 Å². The van der Waals surface area contributed by atoms with Crippen LogP contribution in [0, 0.1) is 5.82 Å². The summed E-state index contributed by atoms with van der Waals surface area (Å²) in [5.41, 5.74) is 1.73. The lowest BCUT2D eigenvalue weighted by atomic mass is 10.1. The first-order valence-corrected chi connectivity index (χ1v) is 8.05. The summed E-state index contributed by atoms with van der Waals surface area (Å²) in [6.07, 6.45) is 4.85. The lowest BCUT2D eigenvalue weighted by Crippen LogP contribution is -2.39. The molecule has 23 heavy (non-hydrogen) atoms. The van der Waals surface area contributed by atoms with E-state index in [9.17, 15) is 9.18 Å². The lowest BCUT2D eigenvalue weighted by molar-refractivity contribution is 0.0749. The predicted molar refractivity (Wildman–Crippen MR) is 84.4 cm³/mol. The van der Waals surface area contributed by atoms with Gasteiger partial charge in [-0.05, 0) is 31.4 Å². The Labute approximate surface area is 133 Å². The van der Waals surface area contributed by atoms with Gasteiger partial charge in [-0.1, -0.05) is 12.1 Å². The van der Waals surface area contributed by atoms with E-state index >= 15 is 0 Å². The number of nitrogens with zero attached hydrogens (tertiary/aromatic N) is 2. The Hall–Kier alpha value is -2.21. The van der Waals surface area contributed by atoms with Crippen LogP contribution in [-0.2, 0) is 0 Å². The normalized spacial score (nSPS) is 23.8. The quantitative estimate of drug-likeness (QED) is 0.893. The van der Waals surface area contributed by atoms with Crippen molar-refractivity contribution in [3.63, 3.8) is 0 Å². The third kappa shape index (κ3) is 2.74. The Kier molecular flexibility index (Phi) is 3.61. The van der Waals surface area contributed by atoms with Crippen LogP contribution in [0.5, 0.6) is 0 Å². The number of fused-ring (bicyclic) bond motifs is 2. The second kappa shape index (κ2) is 5.77. The van der Waals surface area contributed by atoms with Crippen molar-refractivity contribution in [3.05, 3.63) is 41.8 Å². The van der Waals surface area contributed by atoms with Crippen LogP contribution in [0.1, 0.15) is 29.6 Å². The molecule has 2 aliphatic rings. The largest absolute Gasteiger partial charge is 0.337 e. The van der Waals surface area contributed by atoms with Crippen LogP contribution in [0.25, 0.3) is 11.3 Å². The van der Waals surface area contributed by atoms with Crippen molar-refractivity contribution in [2.24, 2.45) is 0 Å². The number of carbonyl (C=O) groups is 1. The lowest BCUT2D eigenvalue weighted by Gasteiger charge is -2.24. The Balaban J connectivity index is 1.61. The maximum atomic E-state index is 13.5. The number of nitrogens with one attached hydrogen (secondary N) is 2. The first-order valence-electron chi connectivity index (χ1n) is 8.05. The van der Waals surface area contributed by atoms with Crippen LogP contribution >= 0.6 is 0 Å². The highest BCUT2D eigenvalue weighted by molar-refractivity contribution is 5.99. The van der Waals surface area contributed by atoms with E-state index in [4.69, 9.17) is 0 Å². The fraction of sp³-hybridized carbons (Fsp3) is 0.412. The number of halogens is 1. The number of likely N-dealkylation sites (tertiary alicyclic amines) is 1. The van der Waals surface area contributed by atoms with Gasteiger partial charge in [-0.25, -0.2) is 4.39 Å². The molecule has 5 nitrogen and oxygen atoms in total. The van der Waals surface area contributed by atoms with Crippen molar-refractivity contribution in [3.8, 4) is 11.3 Å². The number of carbonyl (C=O) groups excluding carboxylic acids is 1. The molecule has 2 aliphatic heterocycles. The molecule has 0 unspecified atom stereocenters. The third-order valence-electron chi connectivity index (χ3n) is 4.79. The van der Waals surface area contributed by atoms with E-state index in [2.05, 4.69) is 15.5 Å². The predicted octanol–water partition coefficient (Wildman–Crippen LogP) is 2.18. The summed E-state index contributed by atoms with van der Waals surface area (Å²) in [6.45, 7) is 1.48. The Morgan fingerprint density at radius 2 is 2.13 bits per heavy atom. The monoisotopic (exact) mass is 314 g/mol. The molecule has 2 N–H and O–H groups in total. The molecular weight excluding hydrogens is 295 g/mol. The fourth-order valence-corrected chi connectivity index (χ4v) is 3.61. The number of benzene rings is 1. The SMILES string of the molecule is O=C(c1cn[nH]c1-c1cccc(F)c1)N1CC[C@H]2CC[C@@H](C1)N2. The minimum absolute atomic E-state index is 0.0349. The van der Waals surface area contributed by atoms with Crippen LogP contribution in [0.3, 0.4) is 0 Å². The Morgan fingerprint density at radius 1 is 1.26 bits per heavy atom. The summed E-state index contributed by atoms with van der Waals surface area (Å²) in [4.78, 5) is 14.8. The van der Waals surface area contributed by atoms with Gasteiger partial charge in [0.1, 0.15) is 5.82 Å². The number of hydrogen-bond donors (Lipinski definition) is 2. The summed E-state index contributed by atoms with van der Waals surface area (Å²) in [7, 11) is 0. The average Bonchev–Trinajstić information content (AvgIpc) is 3.13. The van der Waals surface area contributed by atoms with E-state index in [1.54, 1.807) is 18.3 Å². The van der Waals surface area contributed by atoms with Gasteiger partial charge in [-0.15, -0.1) is 0 Å². The molecule has 0 saturated carbocycles. The molecule has 2 aromatic rings. The number of H-pyrrole nitrogens is 1. The standard InChI is InChI=1S/C17H19FN4O/c18-12-3-1-2-11(8-12)16-15(9-19-21-16)17(23)22-7-6-13-4-5-14(10-22)20-13/h1-3,8-9,13-14,20H,4-7,10H2,(H,19,21)/t13-,14+/m1/s1. The van der Waals surface area contributed by atoms with E-state index in [1.165, 1.54) is 18.6 Å². The molecule has 2 fully saturated rings. The zero-order valence-electron chi connectivity index (χ0n) is 12.8. The summed E-state index contributed by atoms with van der Waals surface area (Å²) in [6, 6.07) is 7.13. The fourth-order valence-electron chi connectivity index (χ4n) is 3.61. The molecule has 3 heterocycles. The number of hydrogen-bond acceptors (Lipinski definition) is 3. The summed E-state index contributed by atoms with van der Waals surface area (Å²) < 4.78 is 13.5. The maximum absolute atomic E-state index is 13.5. The van der Waals surface area contributed by atoms with E-state index < -0.39 is 0 Å². The summed E-state index contributed by atoms with van der Waals surface area (Å²) >= 11 is 0. The first kappa shape index (κ1) is 14.4. The first-order chi connectivity index (χ1) is 11.2. The average molecular weight is 314 g/mol. The van der Waals surface area contributed by atoms with Gasteiger partial charge in [-0.2, -0.15) is 5.10 Å². The smallest absolute Gasteiger partial charge is 0.257 e. The van der Waals surface area contributed by atoms with Crippen LogP contribution in [0.2, 0.25) is 0 Å². The molecule has 1 aromatic carbocycles. The van der Waals surface area contributed by atoms with Gasteiger partial charge < -0.3 is 10.2 Å². The molecule has 0 spiro atoms. The summed E-state index contributed by atoms with van der Waals surface area (Å²) in [5.74, 6) is -0.362. The number of aromatic amines is 1. The van der Waals surface area contributed by atoms with Crippen molar-refractivity contribution in [1.82, 2.24) is 20.4 Å². The minimum Gasteiger partial charge on any atom is -0.337 e. The van der Waals surface area contributed by atoms with Gasteiger partial charge in [0, 0.05) is 30.7 Å². The zero-order chi connectivity index (χ0) is 15.8. The van der Waals surface area contributed by atoms with E-state index in [0.717, 1.165) is 25.9 Å². The highest BCUT2D eigenvalue weighted by atomic mass is 19.1. The minimum atomic E-state index is -0.327. The maximum Gasteiger partial charge on any atom is 0.257 e. The van der Waals surface area contributed by atoms with Crippen LogP contribution in [0.4, 0.5) is 4.39 Å². The molecule has 1 amide bonds. The Morgan fingerprint density at radius 3 is 3.00 bits per heavy atom. The number of amides is 1. The third-order valence-corrected chi connectivity index (χ3v) is 4.79. The van der Waals surface area contributed by atoms with Gasteiger partial charge in [0.05, 0.1) is 17.5 Å². The van der Waals surface area contributed by atoms with Crippen molar-refractivity contribution >= 4 is 5.91 Å². The van der Waals surface area contributed by atoms with Gasteiger partial charge in [0.2, 0.25) is 0 Å². The molecule has 2 saturated heterocycles. The van der Waals surface area contributed by atoms with E-state index in [0.29, 0.717) is 28.9 Å². The molecule has 0 aliphatic carbocycles. The molecular formula is C17H19FN4O. The van der Waals surface area contributed by atoms with Crippen LogP contribution in [0.15, 0.2) is 30.5 Å². The zero-order valence-corrected chi connectivity index (χ0v) is 12.8. The molecule has 2 bridgehead atoms. The van der Waals surface area contributed by atoms with Crippen molar-refractivity contribution in [2.75, 3.05) is 13.1 Å². The second-order valence-corrected chi connectivity index (χ2v) is 6.35. The highest BCUT2D eigenvalue weighted by Crippen LogP contribution is 2.25. The molecule has 4 rings (SSSR count). The number of rotatable bonds is 2. The molecule has 1 aromatic heterocycles. The summed E-state index contributed by atoms with van der Waals surface area (Å²) in [5, 5.41) is 10.4. The highest BCUT2D eigenvalue weighted by Gasteiger charge is 2.32. The van der Waals surface area contributed by atoms with E-state index in [-0.39, 0.29) is 11.7 Å². The van der Waals surface area contributed by atoms with E-state index in [1.807, 2.05) is 4.90 Å².